The van der Waals surface area contributed by atoms with Crippen LogP contribution in [-0.2, 0) is 9.53 Å². The van der Waals surface area contributed by atoms with E-state index in [1.807, 2.05) is 32.0 Å². The molecular weight excluding hydrogens is 306 g/mol. The molecule has 1 aliphatic heterocycles. The summed E-state index contributed by atoms with van der Waals surface area (Å²) in [6.07, 6.45) is 1.56. The van der Waals surface area contributed by atoms with Gasteiger partial charge in [-0.2, -0.15) is 0 Å². The fraction of sp³-hybridized carbons (Fsp3) is 0.500. The Morgan fingerprint density at radius 2 is 2.08 bits per heavy atom. The summed E-state index contributed by atoms with van der Waals surface area (Å²) in [7, 11) is 0. The summed E-state index contributed by atoms with van der Waals surface area (Å²) in [5, 5.41) is 0.606. The molecule has 6 nitrogen and oxygen atoms in total. The van der Waals surface area contributed by atoms with Crippen LogP contribution in [0, 0.1) is 5.92 Å². The van der Waals surface area contributed by atoms with Crippen molar-refractivity contribution < 1.29 is 9.53 Å². The molecule has 3 rings (SSSR count). The summed E-state index contributed by atoms with van der Waals surface area (Å²) >= 11 is 0. The van der Waals surface area contributed by atoms with E-state index >= 15 is 0 Å². The molecule has 1 fully saturated rings. The van der Waals surface area contributed by atoms with Gasteiger partial charge in [0, 0.05) is 0 Å². The van der Waals surface area contributed by atoms with E-state index in [0.717, 1.165) is 25.9 Å². The maximum absolute atomic E-state index is 12.2. The zero-order chi connectivity index (χ0) is 17.1. The number of piperidine rings is 1. The Morgan fingerprint density at radius 1 is 1.38 bits per heavy atom. The topological polar surface area (TPSA) is 75.3 Å². The molecule has 128 valence electrons. The maximum Gasteiger partial charge on any atom is 0.309 e. The summed E-state index contributed by atoms with van der Waals surface area (Å²) in [5.74, 6) is 0.562. The first-order chi connectivity index (χ1) is 11.6. The van der Waals surface area contributed by atoms with E-state index in [0.29, 0.717) is 23.3 Å². The number of nitrogens with zero attached hydrogens (tertiary/aromatic N) is 2. The zero-order valence-corrected chi connectivity index (χ0v) is 14.1. The fourth-order valence-corrected chi connectivity index (χ4v) is 3.26. The molecule has 0 aliphatic carbocycles. The number of likely N-dealkylation sites (tertiary alicyclic amines) is 1. The number of para-hydroxylation sites is 1. The predicted molar refractivity (Wildman–Crippen MR) is 91.7 cm³/mol. The third-order valence-electron chi connectivity index (χ3n) is 4.72. The molecule has 24 heavy (non-hydrogen) atoms. The monoisotopic (exact) mass is 329 g/mol. The van der Waals surface area contributed by atoms with Crippen LogP contribution in [-0.4, -0.2) is 40.5 Å². The van der Waals surface area contributed by atoms with Crippen LogP contribution in [0.4, 0.5) is 0 Å². The minimum Gasteiger partial charge on any atom is -0.466 e. The first-order valence-corrected chi connectivity index (χ1v) is 8.49. The standard InChI is InChI=1S/C18H23N3O3/c1-3-24-18(23)13-8-10-21(11-9-13)12(2)16-19-15-7-5-4-6-14(15)17(22)20-16/h4-7,12-13H,3,8-11H2,1-2H3,(H,19,20,22)/t12-/m1/s1. The van der Waals surface area contributed by atoms with Crippen molar-refractivity contribution in [2.75, 3.05) is 19.7 Å². The third kappa shape index (κ3) is 3.33. The van der Waals surface area contributed by atoms with Crippen molar-refractivity contribution in [2.45, 2.75) is 32.7 Å². The number of carbonyl (C=O) groups excluding carboxylic acids is 1. The number of hydrogen-bond donors (Lipinski definition) is 1. The van der Waals surface area contributed by atoms with E-state index in [1.54, 1.807) is 6.07 Å². The van der Waals surface area contributed by atoms with E-state index in [2.05, 4.69) is 14.9 Å². The van der Waals surface area contributed by atoms with Crippen molar-refractivity contribution in [3.05, 3.63) is 40.4 Å². The van der Waals surface area contributed by atoms with Crippen LogP contribution in [0.3, 0.4) is 0 Å². The van der Waals surface area contributed by atoms with E-state index in [9.17, 15) is 9.59 Å². The minimum absolute atomic E-state index is 0.00505. The van der Waals surface area contributed by atoms with Crippen molar-refractivity contribution >= 4 is 16.9 Å². The van der Waals surface area contributed by atoms with Crippen LogP contribution in [0.5, 0.6) is 0 Å². The Morgan fingerprint density at radius 3 is 2.79 bits per heavy atom. The van der Waals surface area contributed by atoms with Gasteiger partial charge >= 0.3 is 5.97 Å². The molecular formula is C18H23N3O3. The van der Waals surface area contributed by atoms with Gasteiger partial charge in [-0.25, -0.2) is 4.98 Å². The smallest absolute Gasteiger partial charge is 0.309 e. The number of aromatic amines is 1. The van der Waals surface area contributed by atoms with E-state index in [4.69, 9.17) is 4.74 Å². The highest BCUT2D eigenvalue weighted by Gasteiger charge is 2.29. The second-order valence-electron chi connectivity index (χ2n) is 6.21. The number of nitrogens with one attached hydrogen (secondary N) is 1. The van der Waals surface area contributed by atoms with Crippen molar-refractivity contribution in [1.82, 2.24) is 14.9 Å². The lowest BCUT2D eigenvalue weighted by Crippen LogP contribution is -2.39. The first kappa shape index (κ1) is 16.6. The van der Waals surface area contributed by atoms with Crippen molar-refractivity contribution in [3.63, 3.8) is 0 Å². The average Bonchev–Trinajstić information content (AvgIpc) is 2.61. The molecule has 1 N–H and O–H groups in total. The van der Waals surface area contributed by atoms with Gasteiger partial charge in [-0.05, 0) is 51.9 Å². The summed E-state index contributed by atoms with van der Waals surface area (Å²) < 4.78 is 5.11. The van der Waals surface area contributed by atoms with E-state index < -0.39 is 0 Å². The van der Waals surface area contributed by atoms with Crippen molar-refractivity contribution in [2.24, 2.45) is 5.92 Å². The molecule has 6 heteroatoms. The Bertz CT molecular complexity index is 778. The highest BCUT2D eigenvalue weighted by Crippen LogP contribution is 2.25. The molecule has 1 saturated heterocycles. The van der Waals surface area contributed by atoms with Gasteiger partial charge in [0.1, 0.15) is 5.82 Å². The number of aromatic nitrogens is 2. The molecule has 2 aromatic rings. The normalized spacial score (nSPS) is 17.8. The number of esters is 1. The van der Waals surface area contributed by atoms with Gasteiger partial charge in [-0.15, -0.1) is 0 Å². The number of hydrogen-bond acceptors (Lipinski definition) is 5. The predicted octanol–water partition coefficient (Wildman–Crippen LogP) is 2.26. The second kappa shape index (κ2) is 7.13. The molecule has 0 bridgehead atoms. The van der Waals surface area contributed by atoms with Gasteiger partial charge in [0.15, 0.2) is 0 Å². The fourth-order valence-electron chi connectivity index (χ4n) is 3.26. The molecule has 0 radical (unpaired) electrons. The van der Waals surface area contributed by atoms with E-state index in [-0.39, 0.29) is 23.5 Å². The van der Waals surface area contributed by atoms with Crippen molar-refractivity contribution in [3.8, 4) is 0 Å². The summed E-state index contributed by atoms with van der Waals surface area (Å²) in [5.41, 5.74) is 0.605. The molecule has 0 amide bonds. The summed E-state index contributed by atoms with van der Waals surface area (Å²) in [6, 6.07) is 7.36. The Balaban J connectivity index is 1.73. The number of H-pyrrole nitrogens is 1. The third-order valence-corrected chi connectivity index (χ3v) is 4.72. The van der Waals surface area contributed by atoms with Gasteiger partial charge in [-0.1, -0.05) is 12.1 Å². The Hall–Kier alpha value is -2.21. The highest BCUT2D eigenvalue weighted by atomic mass is 16.5. The van der Waals surface area contributed by atoms with Crippen LogP contribution < -0.4 is 5.56 Å². The van der Waals surface area contributed by atoms with Gasteiger partial charge in [-0.3, -0.25) is 14.5 Å². The van der Waals surface area contributed by atoms with Crippen LogP contribution >= 0.6 is 0 Å². The zero-order valence-electron chi connectivity index (χ0n) is 14.1. The van der Waals surface area contributed by atoms with Crippen LogP contribution in [0.2, 0.25) is 0 Å². The summed E-state index contributed by atoms with van der Waals surface area (Å²) in [4.78, 5) is 33.8. The molecule has 0 unspecified atom stereocenters. The quantitative estimate of drug-likeness (QED) is 0.871. The van der Waals surface area contributed by atoms with Gasteiger partial charge in [0.25, 0.3) is 5.56 Å². The SMILES string of the molecule is CCOC(=O)C1CCN([C@H](C)c2nc3ccccc3c(=O)[nH]2)CC1. The molecule has 1 aromatic heterocycles. The van der Waals surface area contributed by atoms with Crippen molar-refractivity contribution in [1.29, 1.82) is 0 Å². The van der Waals surface area contributed by atoms with Crippen LogP contribution in [0.25, 0.3) is 10.9 Å². The maximum atomic E-state index is 12.2. The highest BCUT2D eigenvalue weighted by molar-refractivity contribution is 5.77. The Kier molecular flexibility index (Phi) is 4.94. The number of benzene rings is 1. The second-order valence-corrected chi connectivity index (χ2v) is 6.21. The molecule has 1 aliphatic rings. The number of carbonyl (C=O) groups is 1. The van der Waals surface area contributed by atoms with Crippen LogP contribution in [0.15, 0.2) is 29.1 Å². The number of rotatable bonds is 4. The molecule has 2 heterocycles. The average molecular weight is 329 g/mol. The first-order valence-electron chi connectivity index (χ1n) is 8.49. The lowest BCUT2D eigenvalue weighted by Gasteiger charge is -2.34. The molecule has 0 saturated carbocycles. The molecule has 1 aromatic carbocycles. The van der Waals surface area contributed by atoms with Crippen LogP contribution in [0.1, 0.15) is 38.6 Å². The van der Waals surface area contributed by atoms with Gasteiger partial charge in [0.05, 0.1) is 29.5 Å². The number of ether oxygens (including phenoxy) is 1. The molecule has 1 atom stereocenters. The minimum atomic E-state index is -0.108. The lowest BCUT2D eigenvalue weighted by molar-refractivity contribution is -0.149. The molecule has 0 spiro atoms. The van der Waals surface area contributed by atoms with Gasteiger partial charge in [0.2, 0.25) is 0 Å². The summed E-state index contributed by atoms with van der Waals surface area (Å²) in [6.45, 7) is 5.88. The Labute approximate surface area is 140 Å². The lowest BCUT2D eigenvalue weighted by atomic mass is 9.96. The van der Waals surface area contributed by atoms with E-state index in [1.165, 1.54) is 0 Å². The number of fused-ring (bicyclic) bond motifs is 1. The largest absolute Gasteiger partial charge is 0.466 e. The van der Waals surface area contributed by atoms with Gasteiger partial charge < -0.3 is 9.72 Å².